The van der Waals surface area contributed by atoms with Crippen LogP contribution in [0.3, 0.4) is 0 Å². The predicted molar refractivity (Wildman–Crippen MR) is 29.7 cm³/mol. The Labute approximate surface area is 45.0 Å². The van der Waals surface area contributed by atoms with E-state index in [1.165, 1.54) is 0 Å². The highest BCUT2D eigenvalue weighted by Crippen LogP contribution is 1.86. The van der Waals surface area contributed by atoms with Gasteiger partial charge in [-0.25, -0.2) is 0 Å². The molecule has 7 heavy (non-hydrogen) atoms. The molecule has 1 heterocycles. The minimum atomic E-state index is 0.0949. The molecule has 0 aromatic carbocycles. The summed E-state index contributed by atoms with van der Waals surface area (Å²) in [4.78, 5) is 10.3. The molecule has 0 bridgehead atoms. The van der Waals surface area contributed by atoms with Gasteiger partial charge in [0.05, 0.1) is 0 Å². The number of aromatic nitrogens is 1. The topological polar surface area (TPSA) is 32.9 Å². The Kier molecular flexibility index (Phi) is 0.982. The van der Waals surface area contributed by atoms with Gasteiger partial charge in [-0.15, -0.1) is 0 Å². The molecule has 1 N–H and O–H groups in total. The second-order valence-electron chi connectivity index (χ2n) is 1.35. The molecule has 1 aromatic rings. The first-order valence-electron chi connectivity index (χ1n) is 1.94. The minimum Gasteiger partial charge on any atom is -0.312 e. The first-order valence-corrected chi connectivity index (χ1v) is 2.76. The third-order valence-electron chi connectivity index (χ3n) is 0.647. The molecule has 0 fully saturated rings. The van der Waals surface area contributed by atoms with Crippen molar-refractivity contribution in [1.29, 1.82) is 0 Å². The van der Waals surface area contributed by atoms with E-state index in [1.54, 1.807) is 6.07 Å². The second kappa shape index (κ2) is 1.50. The molecule has 0 saturated heterocycles. The number of aryl methyl sites for hydroxylation is 1. The average molecular weight is 115 g/mol. The highest BCUT2D eigenvalue weighted by Gasteiger charge is 1.83. The van der Waals surface area contributed by atoms with E-state index in [0.29, 0.717) is 0 Å². The maximum atomic E-state index is 10.3. The molecule has 0 aliphatic carbocycles. The van der Waals surface area contributed by atoms with Gasteiger partial charge >= 0.3 is 0 Å². The van der Waals surface area contributed by atoms with Crippen molar-refractivity contribution >= 4 is 11.5 Å². The summed E-state index contributed by atoms with van der Waals surface area (Å²) in [5.41, 5.74) is 0.940. The molecule has 0 atom stereocenters. The first-order chi connectivity index (χ1) is 3.29. The van der Waals surface area contributed by atoms with Crippen molar-refractivity contribution in [3.8, 4) is 0 Å². The fraction of sp³-hybridized carbons (Fsp3) is 0.250. The van der Waals surface area contributed by atoms with Crippen molar-refractivity contribution in [3.05, 3.63) is 21.3 Å². The average Bonchev–Trinajstić information content (AvgIpc) is 1.87. The minimum absolute atomic E-state index is 0.0949. The van der Waals surface area contributed by atoms with Gasteiger partial charge in [-0.3, -0.25) is 4.79 Å². The van der Waals surface area contributed by atoms with Crippen LogP contribution >= 0.6 is 11.5 Å². The summed E-state index contributed by atoms with van der Waals surface area (Å²) < 4.78 is 2.89. The number of H-pyrrole nitrogens is 1. The van der Waals surface area contributed by atoms with E-state index in [1.807, 2.05) is 6.92 Å². The number of rotatable bonds is 0. The lowest BCUT2D eigenvalue weighted by molar-refractivity contribution is 1.34. The van der Waals surface area contributed by atoms with Crippen LogP contribution in [-0.2, 0) is 0 Å². The molecule has 0 aliphatic heterocycles. The zero-order valence-corrected chi connectivity index (χ0v) is 4.71. The Bertz CT molecular complexity index is 199. The molecule has 0 aliphatic rings. The van der Waals surface area contributed by atoms with E-state index in [4.69, 9.17) is 0 Å². The molecule has 2 nitrogen and oxygen atoms in total. The molecule has 38 valence electrons. The fourth-order valence-corrected chi connectivity index (χ4v) is 0.923. The fourth-order valence-electron chi connectivity index (χ4n) is 0.366. The van der Waals surface area contributed by atoms with Gasteiger partial charge in [0.15, 0.2) is 0 Å². The molecule has 1 aromatic heterocycles. The van der Waals surface area contributed by atoms with Crippen LogP contribution in [0, 0.1) is 6.92 Å². The van der Waals surface area contributed by atoms with Gasteiger partial charge in [0.25, 0.3) is 0 Å². The van der Waals surface area contributed by atoms with Crippen molar-refractivity contribution in [1.82, 2.24) is 4.37 Å². The summed E-state index contributed by atoms with van der Waals surface area (Å²) in [7, 11) is 0. The van der Waals surface area contributed by atoms with Crippen molar-refractivity contribution in [2.75, 3.05) is 0 Å². The van der Waals surface area contributed by atoms with Gasteiger partial charge in [-0.05, 0) is 18.5 Å². The largest absolute Gasteiger partial charge is 0.312 e. The van der Waals surface area contributed by atoms with Gasteiger partial charge in [-0.2, -0.15) is 0 Å². The van der Waals surface area contributed by atoms with Crippen LogP contribution in [0.5, 0.6) is 0 Å². The molecule has 3 heteroatoms. The van der Waals surface area contributed by atoms with Crippen LogP contribution in [0.2, 0.25) is 0 Å². The van der Waals surface area contributed by atoms with Crippen molar-refractivity contribution in [2.45, 2.75) is 6.92 Å². The zero-order chi connectivity index (χ0) is 5.28. The lowest BCUT2D eigenvalue weighted by Gasteiger charge is -1.67. The Morgan fingerprint density at radius 1 is 1.86 bits per heavy atom. The third kappa shape index (κ3) is 0.899. The van der Waals surface area contributed by atoms with Crippen LogP contribution in [0.15, 0.2) is 10.9 Å². The molecule has 0 spiro atoms. The Morgan fingerprint density at radius 3 is 2.71 bits per heavy atom. The van der Waals surface area contributed by atoms with E-state index in [0.717, 1.165) is 17.2 Å². The van der Waals surface area contributed by atoms with Crippen LogP contribution in [0.25, 0.3) is 0 Å². The monoisotopic (exact) mass is 115 g/mol. The quantitative estimate of drug-likeness (QED) is 0.531. The van der Waals surface area contributed by atoms with E-state index in [-0.39, 0.29) is 4.74 Å². The van der Waals surface area contributed by atoms with Gasteiger partial charge in [0.1, 0.15) is 0 Å². The lowest BCUT2D eigenvalue weighted by Crippen LogP contribution is -1.80. The predicted octanol–water partition coefficient (Wildman–Crippen LogP) is 0.745. The first kappa shape index (κ1) is 4.59. The maximum Gasteiger partial charge on any atom is 0.249 e. The van der Waals surface area contributed by atoms with Crippen LogP contribution < -0.4 is 4.74 Å². The Hall–Kier alpha value is -0.570. The second-order valence-corrected chi connectivity index (χ2v) is 2.16. The van der Waals surface area contributed by atoms with Crippen LogP contribution in [0.1, 0.15) is 5.69 Å². The van der Waals surface area contributed by atoms with Crippen molar-refractivity contribution < 1.29 is 0 Å². The normalized spacial score (nSPS) is 9.29. The molecule has 0 amide bonds. The SMILES string of the molecule is Cc1cc(=O)s[nH]1. The molecular formula is C4H5NOS. The van der Waals surface area contributed by atoms with Gasteiger partial charge < -0.3 is 4.37 Å². The van der Waals surface area contributed by atoms with E-state index in [2.05, 4.69) is 4.37 Å². The van der Waals surface area contributed by atoms with Crippen molar-refractivity contribution in [2.24, 2.45) is 0 Å². The number of hydrogen-bond acceptors (Lipinski definition) is 2. The number of nitrogens with one attached hydrogen (secondary N) is 1. The lowest BCUT2D eigenvalue weighted by atomic mass is 10.5. The summed E-state index contributed by atoms with van der Waals surface area (Å²) in [5.74, 6) is 0. The summed E-state index contributed by atoms with van der Waals surface area (Å²) in [6.45, 7) is 1.86. The molecule has 0 unspecified atom stereocenters. The highest BCUT2D eigenvalue weighted by atomic mass is 32.1. The van der Waals surface area contributed by atoms with Crippen molar-refractivity contribution in [3.63, 3.8) is 0 Å². The van der Waals surface area contributed by atoms with E-state index >= 15 is 0 Å². The number of aromatic amines is 1. The van der Waals surface area contributed by atoms with Crippen LogP contribution in [0.4, 0.5) is 0 Å². The molecule has 0 radical (unpaired) electrons. The summed E-state index contributed by atoms with van der Waals surface area (Å²) in [6.07, 6.45) is 0. The summed E-state index contributed by atoms with van der Waals surface area (Å²) in [6, 6.07) is 1.57. The Balaban J connectivity index is 3.30. The molecule has 0 saturated carbocycles. The van der Waals surface area contributed by atoms with Gasteiger partial charge in [0.2, 0.25) is 4.74 Å². The maximum absolute atomic E-state index is 10.3. The molecular weight excluding hydrogens is 110 g/mol. The van der Waals surface area contributed by atoms with Gasteiger partial charge in [-0.1, -0.05) is 0 Å². The standard InChI is InChI=1S/C4H5NOS/c1-3-2-4(6)7-5-3/h2,5H,1H3. The number of hydrogen-bond donors (Lipinski definition) is 1. The van der Waals surface area contributed by atoms with Gasteiger partial charge in [0, 0.05) is 11.8 Å². The third-order valence-corrected chi connectivity index (χ3v) is 1.39. The Morgan fingerprint density at radius 2 is 2.57 bits per heavy atom. The van der Waals surface area contributed by atoms with E-state index < -0.39 is 0 Å². The molecule has 1 rings (SSSR count). The highest BCUT2D eigenvalue weighted by molar-refractivity contribution is 7.03. The summed E-state index contributed by atoms with van der Waals surface area (Å²) in [5, 5.41) is 0. The van der Waals surface area contributed by atoms with E-state index in [9.17, 15) is 4.79 Å². The summed E-state index contributed by atoms with van der Waals surface area (Å²) >= 11 is 1.12. The zero-order valence-electron chi connectivity index (χ0n) is 3.89. The van der Waals surface area contributed by atoms with Crippen LogP contribution in [-0.4, -0.2) is 4.37 Å². The smallest absolute Gasteiger partial charge is 0.249 e.